The molecule has 0 fully saturated rings. The molecule has 5 nitrogen and oxygen atoms in total. The van der Waals surface area contributed by atoms with E-state index in [4.69, 9.17) is 11.1 Å². The molecule has 0 spiro atoms. The number of nitrogens with two attached hydrogens (primary N) is 1. The molecule has 5 heteroatoms. The highest BCUT2D eigenvalue weighted by atomic mass is 16.2. The number of hydrazine groups is 1. The lowest BCUT2D eigenvalue weighted by atomic mass is 10.1. The van der Waals surface area contributed by atoms with Gasteiger partial charge in [-0.1, -0.05) is 20.8 Å². The topological polar surface area (TPSA) is 82.2 Å². The van der Waals surface area contributed by atoms with Gasteiger partial charge in [0.15, 0.2) is 0 Å². The Hall–Kier alpha value is -1.12. The molecule has 0 rings (SSSR count). The lowest BCUT2D eigenvalue weighted by molar-refractivity contribution is -0.126. The van der Waals surface area contributed by atoms with Crippen molar-refractivity contribution in [2.45, 2.75) is 39.7 Å². The average Bonchev–Trinajstić information content (AvgIpc) is 2.25. The summed E-state index contributed by atoms with van der Waals surface area (Å²) in [7, 11) is 0. The fourth-order valence-corrected chi connectivity index (χ4v) is 1.74. The molecule has 1 amide bonds. The minimum absolute atomic E-state index is 0.180. The van der Waals surface area contributed by atoms with Gasteiger partial charge in [-0.25, -0.2) is 5.84 Å². The molecule has 0 aliphatic carbocycles. The molecule has 1 unspecified atom stereocenters. The third-order valence-electron chi connectivity index (χ3n) is 2.38. The van der Waals surface area contributed by atoms with Gasteiger partial charge in [-0.05, 0) is 12.3 Å². The van der Waals surface area contributed by atoms with E-state index in [0.717, 1.165) is 6.54 Å². The zero-order chi connectivity index (χ0) is 12.6. The zero-order valence-corrected chi connectivity index (χ0v) is 10.4. The van der Waals surface area contributed by atoms with Crippen molar-refractivity contribution in [2.75, 3.05) is 13.1 Å². The molecular weight excluding hydrogens is 204 g/mol. The van der Waals surface area contributed by atoms with Crippen molar-refractivity contribution < 1.29 is 4.79 Å². The van der Waals surface area contributed by atoms with Crippen LogP contribution in [0.2, 0.25) is 0 Å². The van der Waals surface area contributed by atoms with Crippen LogP contribution in [-0.4, -0.2) is 29.9 Å². The first-order chi connectivity index (χ1) is 7.56. The lowest BCUT2D eigenvalue weighted by Gasteiger charge is -2.30. The Morgan fingerprint density at radius 2 is 2.19 bits per heavy atom. The second-order valence-corrected chi connectivity index (χ2v) is 4.23. The molecule has 0 aliphatic rings. The number of nitrogens with zero attached hydrogens (tertiary/aromatic N) is 2. The second kappa shape index (κ2) is 8.08. The highest BCUT2D eigenvalue weighted by Gasteiger charge is 2.23. The molecule has 0 aliphatic heterocycles. The fraction of sp³-hybridized carbons (Fsp3) is 0.818. The number of amides is 1. The van der Waals surface area contributed by atoms with E-state index in [1.54, 1.807) is 0 Å². The normalized spacial score (nSPS) is 12.6. The van der Waals surface area contributed by atoms with E-state index in [1.165, 1.54) is 0 Å². The van der Waals surface area contributed by atoms with E-state index in [1.807, 2.05) is 11.8 Å². The van der Waals surface area contributed by atoms with Gasteiger partial charge in [0.1, 0.15) is 0 Å². The van der Waals surface area contributed by atoms with E-state index in [0.29, 0.717) is 25.3 Å². The largest absolute Gasteiger partial charge is 0.293 e. The Kier molecular flexibility index (Phi) is 7.52. The molecule has 0 aromatic carbocycles. The van der Waals surface area contributed by atoms with Crippen molar-refractivity contribution in [1.82, 2.24) is 10.3 Å². The Morgan fingerprint density at radius 3 is 2.56 bits per heavy atom. The van der Waals surface area contributed by atoms with Gasteiger partial charge in [0.2, 0.25) is 0 Å². The predicted molar refractivity (Wildman–Crippen MR) is 63.1 cm³/mol. The van der Waals surface area contributed by atoms with E-state index in [9.17, 15) is 4.79 Å². The maximum absolute atomic E-state index is 11.6. The van der Waals surface area contributed by atoms with Crippen LogP contribution < -0.4 is 11.3 Å². The summed E-state index contributed by atoms with van der Waals surface area (Å²) in [5.74, 6) is 5.43. The summed E-state index contributed by atoms with van der Waals surface area (Å²) in [5.41, 5.74) is 2.18. The van der Waals surface area contributed by atoms with Crippen molar-refractivity contribution >= 4 is 5.91 Å². The molecule has 0 heterocycles. The van der Waals surface area contributed by atoms with Crippen LogP contribution >= 0.6 is 0 Å². The summed E-state index contributed by atoms with van der Waals surface area (Å²) in [4.78, 5) is 13.6. The minimum Gasteiger partial charge on any atom is -0.293 e. The van der Waals surface area contributed by atoms with Crippen LogP contribution in [-0.2, 0) is 4.79 Å². The number of carbonyl (C=O) groups is 1. The summed E-state index contributed by atoms with van der Waals surface area (Å²) >= 11 is 0. The first-order valence-corrected chi connectivity index (χ1v) is 5.68. The third-order valence-corrected chi connectivity index (χ3v) is 2.38. The molecule has 1 atom stereocenters. The van der Waals surface area contributed by atoms with Crippen LogP contribution in [0, 0.1) is 17.2 Å². The first-order valence-electron chi connectivity index (χ1n) is 5.68. The summed E-state index contributed by atoms with van der Waals surface area (Å²) in [6.07, 6.45) is 1.13. The SMILES string of the molecule is CCC(C(=O)NN)N(CCC#N)CC(C)C. The minimum atomic E-state index is -0.235. The van der Waals surface area contributed by atoms with E-state index >= 15 is 0 Å². The molecule has 0 aromatic rings. The monoisotopic (exact) mass is 226 g/mol. The molecule has 0 radical (unpaired) electrons. The summed E-state index contributed by atoms with van der Waals surface area (Å²) in [6, 6.07) is 1.87. The van der Waals surface area contributed by atoms with E-state index in [-0.39, 0.29) is 11.9 Å². The van der Waals surface area contributed by atoms with Gasteiger partial charge >= 0.3 is 0 Å². The van der Waals surface area contributed by atoms with Crippen LogP contribution in [0.15, 0.2) is 0 Å². The zero-order valence-electron chi connectivity index (χ0n) is 10.4. The molecule has 0 saturated carbocycles. The quantitative estimate of drug-likeness (QED) is 0.379. The fourth-order valence-electron chi connectivity index (χ4n) is 1.74. The highest BCUT2D eigenvalue weighted by molar-refractivity contribution is 5.81. The van der Waals surface area contributed by atoms with Crippen molar-refractivity contribution in [2.24, 2.45) is 11.8 Å². The van der Waals surface area contributed by atoms with Gasteiger partial charge < -0.3 is 0 Å². The van der Waals surface area contributed by atoms with Gasteiger partial charge in [-0.2, -0.15) is 5.26 Å². The molecular formula is C11H22N4O. The van der Waals surface area contributed by atoms with Crippen LogP contribution in [0.4, 0.5) is 0 Å². The van der Waals surface area contributed by atoms with E-state index < -0.39 is 0 Å². The van der Waals surface area contributed by atoms with Crippen LogP contribution in [0.1, 0.15) is 33.6 Å². The Balaban J connectivity index is 4.55. The number of nitriles is 1. The van der Waals surface area contributed by atoms with Crippen molar-refractivity contribution in [1.29, 1.82) is 5.26 Å². The molecule has 0 aromatic heterocycles. The molecule has 0 saturated heterocycles. The molecule has 3 N–H and O–H groups in total. The number of hydrogen-bond acceptors (Lipinski definition) is 4. The Labute approximate surface area is 97.6 Å². The Bertz CT molecular complexity index is 247. The van der Waals surface area contributed by atoms with Crippen LogP contribution in [0.3, 0.4) is 0 Å². The summed E-state index contributed by atoms with van der Waals surface area (Å²) in [6.45, 7) is 7.53. The van der Waals surface area contributed by atoms with Gasteiger partial charge in [0.05, 0.1) is 12.1 Å². The maximum atomic E-state index is 11.6. The van der Waals surface area contributed by atoms with Crippen LogP contribution in [0.5, 0.6) is 0 Å². The van der Waals surface area contributed by atoms with Gasteiger partial charge in [0.25, 0.3) is 5.91 Å². The van der Waals surface area contributed by atoms with Crippen molar-refractivity contribution in [3.63, 3.8) is 0 Å². The first kappa shape index (κ1) is 14.9. The number of nitrogens with one attached hydrogen (secondary N) is 1. The standard InChI is InChI=1S/C11H22N4O/c1-4-10(11(16)14-13)15(7-5-6-12)8-9(2)3/h9-10H,4-5,7-8,13H2,1-3H3,(H,14,16). The molecule has 16 heavy (non-hydrogen) atoms. The van der Waals surface area contributed by atoms with Crippen LogP contribution in [0.25, 0.3) is 0 Å². The maximum Gasteiger partial charge on any atom is 0.251 e. The van der Waals surface area contributed by atoms with E-state index in [2.05, 4.69) is 25.3 Å². The summed E-state index contributed by atoms with van der Waals surface area (Å²) in [5, 5.41) is 8.60. The molecule has 0 bridgehead atoms. The second-order valence-electron chi connectivity index (χ2n) is 4.23. The van der Waals surface area contributed by atoms with Gasteiger partial charge in [0, 0.05) is 19.5 Å². The average molecular weight is 226 g/mol. The van der Waals surface area contributed by atoms with Crippen molar-refractivity contribution in [3.8, 4) is 6.07 Å². The smallest absolute Gasteiger partial charge is 0.251 e. The van der Waals surface area contributed by atoms with Gasteiger partial charge in [-0.15, -0.1) is 0 Å². The molecule has 92 valence electrons. The van der Waals surface area contributed by atoms with Crippen molar-refractivity contribution in [3.05, 3.63) is 0 Å². The van der Waals surface area contributed by atoms with Gasteiger partial charge in [-0.3, -0.25) is 15.1 Å². The number of rotatable bonds is 7. The summed E-state index contributed by atoms with van der Waals surface area (Å²) < 4.78 is 0. The third kappa shape index (κ3) is 5.10. The lowest BCUT2D eigenvalue weighted by Crippen LogP contribution is -2.50. The predicted octanol–water partition coefficient (Wildman–Crippen LogP) is 0.627. The number of carbonyl (C=O) groups excluding carboxylic acids is 1. The highest BCUT2D eigenvalue weighted by Crippen LogP contribution is 2.09. The Morgan fingerprint density at radius 1 is 1.56 bits per heavy atom. The number of hydrogen-bond donors (Lipinski definition) is 2.